The summed E-state index contributed by atoms with van der Waals surface area (Å²) in [5.41, 5.74) is 2.46. The summed E-state index contributed by atoms with van der Waals surface area (Å²) in [6.45, 7) is 7.24. The molecule has 0 radical (unpaired) electrons. The number of fused-ring (bicyclic) bond motifs is 1. The van der Waals surface area contributed by atoms with Crippen LogP contribution in [-0.2, 0) is 17.8 Å². The first-order chi connectivity index (χ1) is 9.63. The van der Waals surface area contributed by atoms with E-state index in [0.29, 0.717) is 18.7 Å². The molecule has 0 spiro atoms. The van der Waals surface area contributed by atoms with Crippen molar-refractivity contribution in [2.75, 3.05) is 13.2 Å². The normalized spacial score (nSPS) is 11.0. The number of benzene rings is 1. The fourth-order valence-electron chi connectivity index (χ4n) is 2.58. The van der Waals surface area contributed by atoms with Crippen molar-refractivity contribution < 1.29 is 19.2 Å². The molecule has 0 aliphatic carbocycles. The van der Waals surface area contributed by atoms with Gasteiger partial charge < -0.3 is 9.84 Å². The van der Waals surface area contributed by atoms with Crippen molar-refractivity contribution in [3.05, 3.63) is 29.6 Å². The zero-order valence-corrected chi connectivity index (χ0v) is 12.2. The van der Waals surface area contributed by atoms with Crippen LogP contribution in [0.1, 0.15) is 30.0 Å². The Bertz CT molecular complexity index is 632. The van der Waals surface area contributed by atoms with E-state index in [0.717, 1.165) is 23.4 Å². The smallest absolute Gasteiger partial charge is 0.338 e. The first kappa shape index (κ1) is 14.5. The van der Waals surface area contributed by atoms with E-state index in [1.165, 1.54) is 0 Å². The summed E-state index contributed by atoms with van der Waals surface area (Å²) in [7, 11) is 0. The largest absolute Gasteiger partial charge is 0.852 e. The predicted molar refractivity (Wildman–Crippen MR) is 73.4 cm³/mol. The predicted octanol–water partition coefficient (Wildman–Crippen LogP) is 0.794. The van der Waals surface area contributed by atoms with Crippen molar-refractivity contribution in [3.63, 3.8) is 0 Å². The molecule has 0 saturated heterocycles. The Hall–Kier alpha value is -1.88. The molecule has 1 heterocycles. The minimum Gasteiger partial charge on any atom is -0.852 e. The zero-order chi connectivity index (χ0) is 14.7. The van der Waals surface area contributed by atoms with Gasteiger partial charge in [-0.1, -0.05) is 0 Å². The highest BCUT2D eigenvalue weighted by molar-refractivity contribution is 5.93. The number of hydrogen-bond donors (Lipinski definition) is 0. The van der Waals surface area contributed by atoms with Crippen molar-refractivity contribution in [1.29, 1.82) is 0 Å². The Labute approximate surface area is 118 Å². The van der Waals surface area contributed by atoms with Crippen LogP contribution in [0.3, 0.4) is 0 Å². The molecular formula is C15H20N2O3. The molecule has 0 fully saturated rings. The van der Waals surface area contributed by atoms with Crippen LogP contribution in [0.4, 0.5) is 0 Å². The molecular weight excluding hydrogens is 256 g/mol. The van der Waals surface area contributed by atoms with Gasteiger partial charge in [-0.2, -0.15) is 0 Å². The summed E-state index contributed by atoms with van der Waals surface area (Å²) in [6, 6.07) is 5.50. The molecule has 0 saturated carbocycles. The average molecular weight is 276 g/mol. The van der Waals surface area contributed by atoms with E-state index < -0.39 is 0 Å². The number of ether oxygens (including phenoxy) is 1. The van der Waals surface area contributed by atoms with Gasteiger partial charge in [0, 0.05) is 13.0 Å². The van der Waals surface area contributed by atoms with E-state index in [9.17, 15) is 9.90 Å². The molecule has 1 aromatic heterocycles. The highest BCUT2D eigenvalue weighted by Crippen LogP contribution is 2.17. The molecule has 0 unspecified atom stereocenters. The van der Waals surface area contributed by atoms with Crippen LogP contribution in [0.15, 0.2) is 18.2 Å². The van der Waals surface area contributed by atoms with Crippen LogP contribution in [-0.4, -0.2) is 23.8 Å². The second kappa shape index (κ2) is 6.05. The van der Waals surface area contributed by atoms with Crippen molar-refractivity contribution in [2.24, 2.45) is 0 Å². The van der Waals surface area contributed by atoms with Gasteiger partial charge in [-0.25, -0.2) is 13.9 Å². The first-order valence-corrected chi connectivity index (χ1v) is 6.91. The Kier molecular flexibility index (Phi) is 4.39. The summed E-state index contributed by atoms with van der Waals surface area (Å²) in [6.07, 6.45) is 0. The van der Waals surface area contributed by atoms with Gasteiger partial charge in [0.25, 0.3) is 5.82 Å². The van der Waals surface area contributed by atoms with Crippen LogP contribution in [0.25, 0.3) is 11.0 Å². The molecule has 0 aliphatic heterocycles. The molecule has 0 N–H and O–H groups in total. The Morgan fingerprint density at radius 3 is 2.75 bits per heavy atom. The van der Waals surface area contributed by atoms with Gasteiger partial charge in [0.15, 0.2) is 11.0 Å². The third-order valence-electron chi connectivity index (χ3n) is 3.48. The topological polar surface area (TPSA) is 58.2 Å². The Balaban J connectivity index is 2.60. The minimum atomic E-state index is -0.329. The van der Waals surface area contributed by atoms with Gasteiger partial charge in [0.1, 0.15) is 0 Å². The summed E-state index contributed by atoms with van der Waals surface area (Å²) in [5.74, 6) is 0.698. The molecule has 0 amide bonds. The van der Waals surface area contributed by atoms with Crippen LogP contribution in [0, 0.1) is 6.92 Å². The maximum atomic E-state index is 11.8. The maximum Gasteiger partial charge on any atom is 0.338 e. The zero-order valence-electron chi connectivity index (χ0n) is 12.2. The lowest BCUT2D eigenvalue weighted by molar-refractivity contribution is -0.675. The molecule has 2 aromatic rings. The Morgan fingerprint density at radius 1 is 1.40 bits per heavy atom. The van der Waals surface area contributed by atoms with E-state index in [4.69, 9.17) is 4.74 Å². The van der Waals surface area contributed by atoms with Crippen LogP contribution >= 0.6 is 0 Å². The molecule has 0 aliphatic rings. The van der Waals surface area contributed by atoms with Crippen LogP contribution in [0.5, 0.6) is 0 Å². The molecule has 108 valence electrons. The fraction of sp³-hybridized carbons (Fsp3) is 0.467. The highest BCUT2D eigenvalue weighted by atomic mass is 16.5. The van der Waals surface area contributed by atoms with E-state index in [1.54, 1.807) is 13.0 Å². The number of esters is 1. The summed E-state index contributed by atoms with van der Waals surface area (Å²) in [5, 5.41) is 11.0. The summed E-state index contributed by atoms with van der Waals surface area (Å²) in [4.78, 5) is 11.8. The van der Waals surface area contributed by atoms with Gasteiger partial charge in [-0.3, -0.25) is 0 Å². The molecule has 5 heteroatoms. The van der Waals surface area contributed by atoms with Gasteiger partial charge in [0.05, 0.1) is 25.3 Å². The highest BCUT2D eigenvalue weighted by Gasteiger charge is 2.21. The van der Waals surface area contributed by atoms with Crippen LogP contribution < -0.4 is 9.67 Å². The number of carbonyl (C=O) groups is 1. The second-order valence-corrected chi connectivity index (χ2v) is 4.57. The lowest BCUT2D eigenvalue weighted by atomic mass is 10.2. The van der Waals surface area contributed by atoms with E-state index >= 15 is 0 Å². The van der Waals surface area contributed by atoms with Gasteiger partial charge >= 0.3 is 5.97 Å². The van der Waals surface area contributed by atoms with Gasteiger partial charge in [0.2, 0.25) is 0 Å². The monoisotopic (exact) mass is 276 g/mol. The minimum absolute atomic E-state index is 0.183. The molecule has 0 atom stereocenters. The number of nitrogens with zero attached hydrogens (tertiary/aromatic N) is 2. The van der Waals surface area contributed by atoms with Crippen molar-refractivity contribution in [1.82, 2.24) is 4.57 Å². The standard InChI is InChI=1S/C15H20N2O3/c1-4-16-11(3)17(8-9-18)14-10-12(6-7-13(14)16)15(19)20-5-2/h6-7,10H,4-5,8-9H2,1-3H3. The Morgan fingerprint density at radius 2 is 2.15 bits per heavy atom. The number of hydrogen-bond acceptors (Lipinski definition) is 3. The summed E-state index contributed by atoms with van der Waals surface area (Å²) >= 11 is 0. The van der Waals surface area contributed by atoms with Crippen molar-refractivity contribution >= 4 is 17.0 Å². The second-order valence-electron chi connectivity index (χ2n) is 4.57. The number of carbonyl (C=O) groups excluding carboxylic acids is 1. The number of aromatic nitrogens is 2. The maximum absolute atomic E-state index is 11.8. The third kappa shape index (κ3) is 2.41. The van der Waals surface area contributed by atoms with Gasteiger partial charge in [-0.05, 0) is 26.0 Å². The number of rotatable bonds is 5. The van der Waals surface area contributed by atoms with Gasteiger partial charge in [-0.15, -0.1) is 6.61 Å². The lowest BCUT2D eigenvalue weighted by Gasteiger charge is -2.03. The van der Waals surface area contributed by atoms with E-state index in [1.807, 2.05) is 23.6 Å². The molecule has 0 bridgehead atoms. The SMILES string of the molecule is CCOC(=O)c1ccc2c(c1)n(CC[O-])c(C)[n+]2CC. The van der Waals surface area contributed by atoms with Crippen molar-refractivity contribution in [3.8, 4) is 0 Å². The molecule has 1 aromatic carbocycles. The number of imidazole rings is 1. The van der Waals surface area contributed by atoms with E-state index in [2.05, 4.69) is 11.5 Å². The molecule has 2 rings (SSSR count). The number of aryl methyl sites for hydroxylation is 1. The lowest BCUT2D eigenvalue weighted by Crippen LogP contribution is -2.35. The average Bonchev–Trinajstić information content (AvgIpc) is 2.71. The quantitative estimate of drug-likeness (QED) is 0.599. The molecule has 20 heavy (non-hydrogen) atoms. The molecule has 5 nitrogen and oxygen atoms in total. The first-order valence-electron chi connectivity index (χ1n) is 6.91. The third-order valence-corrected chi connectivity index (χ3v) is 3.48. The fourth-order valence-corrected chi connectivity index (χ4v) is 2.58. The van der Waals surface area contributed by atoms with Crippen molar-refractivity contribution in [2.45, 2.75) is 33.9 Å². The van der Waals surface area contributed by atoms with Crippen LogP contribution in [0.2, 0.25) is 0 Å². The summed E-state index contributed by atoms with van der Waals surface area (Å²) < 4.78 is 9.13. The van der Waals surface area contributed by atoms with E-state index in [-0.39, 0.29) is 12.6 Å².